The molecule has 3 rings (SSSR count). The molecule has 7 heteroatoms. The van der Waals surface area contributed by atoms with Crippen molar-refractivity contribution in [3.63, 3.8) is 0 Å². The van der Waals surface area contributed by atoms with Crippen molar-refractivity contribution in [3.8, 4) is 0 Å². The zero-order valence-electron chi connectivity index (χ0n) is 10.9. The summed E-state index contributed by atoms with van der Waals surface area (Å²) >= 11 is 1.69. The molecule has 1 aromatic heterocycles. The Morgan fingerprint density at radius 2 is 2.42 bits per heavy atom. The number of fused-ring (bicyclic) bond motifs is 1. The summed E-state index contributed by atoms with van der Waals surface area (Å²) in [4.78, 5) is 25.8. The molecule has 2 fully saturated rings. The molecule has 19 heavy (non-hydrogen) atoms. The minimum absolute atomic E-state index is 0.0775. The maximum atomic E-state index is 12.3. The van der Waals surface area contributed by atoms with Gasteiger partial charge in [-0.05, 0) is 13.3 Å². The van der Waals surface area contributed by atoms with Gasteiger partial charge in [-0.2, -0.15) is 5.10 Å². The third-order valence-corrected chi connectivity index (χ3v) is 5.22. The van der Waals surface area contributed by atoms with Crippen LogP contribution in [0.4, 0.5) is 5.82 Å². The molecule has 102 valence electrons. The van der Waals surface area contributed by atoms with E-state index in [2.05, 4.69) is 10.4 Å². The molecule has 2 saturated heterocycles. The highest BCUT2D eigenvalue weighted by molar-refractivity contribution is 8.01. The predicted octanol–water partition coefficient (Wildman–Crippen LogP) is 0.813. The molecule has 0 saturated carbocycles. The minimum Gasteiger partial charge on any atom is -0.315 e. The normalized spacial score (nSPS) is 29.7. The number of hydrogen-bond acceptors (Lipinski definition) is 4. The Kier molecular flexibility index (Phi) is 2.81. The lowest BCUT2D eigenvalue weighted by molar-refractivity contribution is -0.135. The van der Waals surface area contributed by atoms with Gasteiger partial charge in [-0.15, -0.1) is 11.8 Å². The van der Waals surface area contributed by atoms with Gasteiger partial charge < -0.3 is 10.2 Å². The Morgan fingerprint density at radius 1 is 1.63 bits per heavy atom. The summed E-state index contributed by atoms with van der Waals surface area (Å²) in [6.07, 6.45) is 3.13. The number of aryl methyl sites for hydroxylation is 1. The van der Waals surface area contributed by atoms with Crippen LogP contribution < -0.4 is 5.32 Å². The van der Waals surface area contributed by atoms with E-state index in [9.17, 15) is 9.59 Å². The number of rotatable bonds is 2. The molecule has 0 bridgehead atoms. The summed E-state index contributed by atoms with van der Waals surface area (Å²) in [5.41, 5.74) is 0. The van der Waals surface area contributed by atoms with E-state index in [4.69, 9.17) is 0 Å². The van der Waals surface area contributed by atoms with Crippen molar-refractivity contribution in [1.82, 2.24) is 14.7 Å². The van der Waals surface area contributed by atoms with Crippen LogP contribution in [0, 0.1) is 0 Å². The van der Waals surface area contributed by atoms with Gasteiger partial charge in [0.05, 0.1) is 4.87 Å². The van der Waals surface area contributed by atoms with E-state index in [1.807, 2.05) is 6.92 Å². The fourth-order valence-electron chi connectivity index (χ4n) is 2.71. The lowest BCUT2D eigenvalue weighted by Gasteiger charge is -2.29. The largest absolute Gasteiger partial charge is 0.315 e. The number of nitrogens with one attached hydrogen (secondary N) is 1. The lowest BCUT2D eigenvalue weighted by Crippen LogP contribution is -2.48. The van der Waals surface area contributed by atoms with Gasteiger partial charge >= 0.3 is 0 Å². The number of thioether (sulfide) groups is 1. The van der Waals surface area contributed by atoms with E-state index < -0.39 is 0 Å². The van der Waals surface area contributed by atoms with Crippen molar-refractivity contribution in [3.05, 3.63) is 12.3 Å². The Labute approximate surface area is 115 Å². The van der Waals surface area contributed by atoms with E-state index >= 15 is 0 Å². The number of aromatic nitrogens is 2. The molecule has 0 radical (unpaired) electrons. The summed E-state index contributed by atoms with van der Waals surface area (Å²) in [5, 5.41) is 6.90. The molecule has 0 aromatic carbocycles. The topological polar surface area (TPSA) is 67.2 Å². The van der Waals surface area contributed by atoms with Crippen molar-refractivity contribution in [2.75, 3.05) is 11.1 Å². The summed E-state index contributed by atoms with van der Waals surface area (Å²) in [7, 11) is 1.79. The van der Waals surface area contributed by atoms with Crippen molar-refractivity contribution in [2.24, 2.45) is 7.05 Å². The minimum atomic E-state index is -0.382. The van der Waals surface area contributed by atoms with Crippen LogP contribution in [0.15, 0.2) is 12.3 Å². The third-order valence-electron chi connectivity index (χ3n) is 3.71. The molecular weight excluding hydrogens is 264 g/mol. The van der Waals surface area contributed by atoms with E-state index in [-0.39, 0.29) is 22.7 Å². The van der Waals surface area contributed by atoms with E-state index in [1.165, 1.54) is 0 Å². The predicted molar refractivity (Wildman–Crippen MR) is 72.6 cm³/mol. The maximum Gasteiger partial charge on any atom is 0.249 e. The van der Waals surface area contributed by atoms with Crippen LogP contribution in [-0.4, -0.2) is 43.2 Å². The van der Waals surface area contributed by atoms with Crippen LogP contribution >= 0.6 is 11.8 Å². The molecule has 3 heterocycles. The van der Waals surface area contributed by atoms with Crippen molar-refractivity contribution >= 4 is 29.4 Å². The molecule has 0 unspecified atom stereocenters. The number of nitrogens with zero attached hydrogens (tertiary/aromatic N) is 3. The van der Waals surface area contributed by atoms with Gasteiger partial charge in [-0.25, -0.2) is 0 Å². The second-order valence-corrected chi connectivity index (χ2v) is 6.63. The highest BCUT2D eigenvalue weighted by atomic mass is 32.2. The number of anilines is 1. The lowest BCUT2D eigenvalue weighted by atomic mass is 10.2. The van der Waals surface area contributed by atoms with E-state index in [0.717, 1.165) is 6.42 Å². The quantitative estimate of drug-likeness (QED) is 0.870. The molecule has 2 atom stereocenters. The first-order chi connectivity index (χ1) is 8.99. The molecule has 0 spiro atoms. The number of amides is 2. The van der Waals surface area contributed by atoms with Gasteiger partial charge in [0.25, 0.3) is 0 Å². The fourth-order valence-corrected chi connectivity index (χ4v) is 4.14. The monoisotopic (exact) mass is 280 g/mol. The number of hydrogen-bond donors (Lipinski definition) is 1. The average Bonchev–Trinajstić information content (AvgIpc) is 2.97. The standard InChI is InChI=1S/C12H16N4O2S/c1-12-5-3-10(17)16(12)8(7-19-12)11(18)13-9-4-6-15(2)14-9/h4,6,8H,3,5,7H2,1-2H3,(H,13,14,18)/t8-,12+/m0/s1. The molecule has 6 nitrogen and oxygen atoms in total. The highest BCUT2D eigenvalue weighted by Gasteiger charge is 2.52. The molecule has 2 amide bonds. The van der Waals surface area contributed by atoms with Crippen LogP contribution in [0.5, 0.6) is 0 Å². The van der Waals surface area contributed by atoms with E-state index in [1.54, 1.807) is 40.7 Å². The smallest absolute Gasteiger partial charge is 0.249 e. The molecule has 2 aliphatic rings. The zero-order chi connectivity index (χ0) is 13.6. The van der Waals surface area contributed by atoms with Crippen LogP contribution in [0.2, 0.25) is 0 Å². The summed E-state index contributed by atoms with van der Waals surface area (Å²) in [6.45, 7) is 2.04. The Hall–Kier alpha value is -1.50. The van der Waals surface area contributed by atoms with Gasteiger partial charge in [-0.1, -0.05) is 0 Å². The highest BCUT2D eigenvalue weighted by Crippen LogP contribution is 2.47. The van der Waals surface area contributed by atoms with Gasteiger partial charge in [0.2, 0.25) is 11.8 Å². The molecular formula is C12H16N4O2S. The zero-order valence-corrected chi connectivity index (χ0v) is 11.7. The first-order valence-corrected chi connectivity index (χ1v) is 7.25. The van der Waals surface area contributed by atoms with Gasteiger partial charge in [0.15, 0.2) is 5.82 Å². The van der Waals surface area contributed by atoms with Crippen LogP contribution in [0.3, 0.4) is 0 Å². The fraction of sp³-hybridized carbons (Fsp3) is 0.583. The summed E-state index contributed by atoms with van der Waals surface area (Å²) < 4.78 is 1.63. The summed E-state index contributed by atoms with van der Waals surface area (Å²) in [6, 6.07) is 1.36. The third kappa shape index (κ3) is 2.01. The Morgan fingerprint density at radius 3 is 3.11 bits per heavy atom. The van der Waals surface area contributed by atoms with Crippen molar-refractivity contribution in [1.29, 1.82) is 0 Å². The van der Waals surface area contributed by atoms with Gasteiger partial charge in [0.1, 0.15) is 6.04 Å². The summed E-state index contributed by atoms with van der Waals surface area (Å²) in [5.74, 6) is 1.11. The van der Waals surface area contributed by atoms with Gasteiger partial charge in [0, 0.05) is 31.5 Å². The van der Waals surface area contributed by atoms with Crippen LogP contribution in [0.25, 0.3) is 0 Å². The second kappa shape index (κ2) is 4.26. The SMILES string of the molecule is Cn1ccc(NC(=O)[C@@H]2CS[C@]3(C)CCC(=O)N23)n1. The second-order valence-electron chi connectivity index (χ2n) is 5.13. The molecule has 2 aliphatic heterocycles. The Balaban J connectivity index is 1.76. The maximum absolute atomic E-state index is 12.3. The molecule has 0 aliphatic carbocycles. The number of carbonyl (C=O) groups excluding carboxylic acids is 2. The Bertz CT molecular complexity index is 544. The first kappa shape index (κ1) is 12.5. The van der Waals surface area contributed by atoms with Crippen LogP contribution in [-0.2, 0) is 16.6 Å². The van der Waals surface area contributed by atoms with Crippen molar-refractivity contribution < 1.29 is 9.59 Å². The number of carbonyl (C=O) groups is 2. The average molecular weight is 280 g/mol. The molecule has 1 N–H and O–H groups in total. The molecule has 1 aromatic rings. The van der Waals surface area contributed by atoms with Gasteiger partial charge in [-0.3, -0.25) is 14.3 Å². The van der Waals surface area contributed by atoms with Crippen molar-refractivity contribution in [2.45, 2.75) is 30.7 Å². The first-order valence-electron chi connectivity index (χ1n) is 6.26. The van der Waals surface area contributed by atoms with Crippen LogP contribution in [0.1, 0.15) is 19.8 Å². The van der Waals surface area contributed by atoms with E-state index in [0.29, 0.717) is 18.0 Å².